The number of rotatable bonds is 4. The summed E-state index contributed by atoms with van der Waals surface area (Å²) in [6, 6.07) is 1.62. The number of nitrogens with one attached hydrogen (secondary N) is 1. The predicted molar refractivity (Wildman–Crippen MR) is 66.7 cm³/mol. The van der Waals surface area contributed by atoms with E-state index in [1.54, 1.807) is 30.9 Å². The van der Waals surface area contributed by atoms with E-state index in [4.69, 9.17) is 0 Å². The summed E-state index contributed by atoms with van der Waals surface area (Å²) in [4.78, 5) is 0.163. The van der Waals surface area contributed by atoms with Gasteiger partial charge in [-0.05, 0) is 13.8 Å². The van der Waals surface area contributed by atoms with Gasteiger partial charge < -0.3 is 0 Å². The van der Waals surface area contributed by atoms with Gasteiger partial charge in [0.25, 0.3) is 10.0 Å². The smallest absolute Gasteiger partial charge is 0.266 e. The maximum absolute atomic E-state index is 12.1. The van der Waals surface area contributed by atoms with E-state index in [1.807, 2.05) is 6.92 Å². The fourth-order valence-corrected chi connectivity index (χ4v) is 2.73. The van der Waals surface area contributed by atoms with Crippen LogP contribution in [0.25, 0.3) is 0 Å². The van der Waals surface area contributed by atoms with Crippen LogP contribution in [0.2, 0.25) is 0 Å². The van der Waals surface area contributed by atoms with Crippen molar-refractivity contribution in [3.05, 3.63) is 24.2 Å². The zero-order valence-corrected chi connectivity index (χ0v) is 11.3. The second kappa shape index (κ2) is 4.45. The number of aromatic nitrogens is 4. The number of hydrogen-bond donors (Lipinski definition) is 1. The third-order valence-corrected chi connectivity index (χ3v) is 4.14. The van der Waals surface area contributed by atoms with Crippen molar-refractivity contribution in [1.82, 2.24) is 19.6 Å². The van der Waals surface area contributed by atoms with Crippen molar-refractivity contribution in [3.63, 3.8) is 0 Å². The topological polar surface area (TPSA) is 81.8 Å². The lowest BCUT2D eigenvalue weighted by atomic mass is 10.5. The molecular weight excluding hydrogens is 254 g/mol. The van der Waals surface area contributed by atoms with Gasteiger partial charge >= 0.3 is 0 Å². The third kappa shape index (κ3) is 2.23. The quantitative estimate of drug-likeness (QED) is 0.887. The number of nitrogens with zero attached hydrogens (tertiary/aromatic N) is 4. The van der Waals surface area contributed by atoms with Crippen LogP contribution in [0, 0.1) is 6.92 Å². The SMILES string of the molecule is CCn1ccc(NS(=O)(=O)c2cnn(C)c2C)n1. The van der Waals surface area contributed by atoms with Crippen LogP contribution in [-0.2, 0) is 23.6 Å². The van der Waals surface area contributed by atoms with Gasteiger partial charge in [0.2, 0.25) is 0 Å². The van der Waals surface area contributed by atoms with Gasteiger partial charge in [-0.2, -0.15) is 10.2 Å². The minimum absolute atomic E-state index is 0.163. The van der Waals surface area contributed by atoms with E-state index in [1.165, 1.54) is 10.9 Å². The highest BCUT2D eigenvalue weighted by molar-refractivity contribution is 7.92. The number of sulfonamides is 1. The van der Waals surface area contributed by atoms with E-state index in [9.17, 15) is 8.42 Å². The Kier molecular flexibility index (Phi) is 3.12. The van der Waals surface area contributed by atoms with Gasteiger partial charge in [0, 0.05) is 25.9 Å². The standard InChI is InChI=1S/C10H15N5O2S/c1-4-15-6-5-10(12-15)13-18(16,17)9-7-11-14(3)8(9)2/h5-7H,4H2,1-3H3,(H,12,13). The minimum atomic E-state index is -3.63. The van der Waals surface area contributed by atoms with Gasteiger partial charge in [0.1, 0.15) is 4.90 Å². The Hall–Kier alpha value is -1.83. The van der Waals surface area contributed by atoms with Crippen LogP contribution in [0.15, 0.2) is 23.4 Å². The number of hydrogen-bond acceptors (Lipinski definition) is 4. The molecule has 2 aromatic rings. The highest BCUT2D eigenvalue weighted by Crippen LogP contribution is 2.17. The van der Waals surface area contributed by atoms with Crippen molar-refractivity contribution < 1.29 is 8.42 Å². The van der Waals surface area contributed by atoms with Gasteiger partial charge in [0.05, 0.1) is 11.9 Å². The molecule has 0 saturated carbocycles. The molecule has 0 unspecified atom stereocenters. The Morgan fingerprint density at radius 1 is 1.44 bits per heavy atom. The van der Waals surface area contributed by atoms with Crippen LogP contribution in [0.4, 0.5) is 5.82 Å². The summed E-state index contributed by atoms with van der Waals surface area (Å²) in [6.45, 7) is 4.32. The van der Waals surface area contributed by atoms with Gasteiger partial charge in [-0.3, -0.25) is 14.1 Å². The molecule has 0 amide bonds. The normalized spacial score (nSPS) is 11.7. The maximum atomic E-state index is 12.1. The van der Waals surface area contributed by atoms with Crippen molar-refractivity contribution in [1.29, 1.82) is 0 Å². The Bertz CT molecular complexity index is 656. The van der Waals surface area contributed by atoms with Gasteiger partial charge in [0.15, 0.2) is 5.82 Å². The van der Waals surface area contributed by atoms with Crippen molar-refractivity contribution in [2.75, 3.05) is 4.72 Å². The number of anilines is 1. The van der Waals surface area contributed by atoms with Crippen LogP contribution < -0.4 is 4.72 Å². The lowest BCUT2D eigenvalue weighted by Crippen LogP contribution is -2.14. The van der Waals surface area contributed by atoms with E-state index in [-0.39, 0.29) is 4.90 Å². The van der Waals surface area contributed by atoms with Gasteiger partial charge in [-0.15, -0.1) is 0 Å². The van der Waals surface area contributed by atoms with Crippen molar-refractivity contribution in [2.45, 2.75) is 25.3 Å². The molecule has 0 aliphatic rings. The molecule has 0 spiro atoms. The molecule has 98 valence electrons. The van der Waals surface area contributed by atoms with Crippen LogP contribution in [0.3, 0.4) is 0 Å². The zero-order chi connectivity index (χ0) is 13.3. The van der Waals surface area contributed by atoms with Crippen LogP contribution in [-0.4, -0.2) is 28.0 Å². The average Bonchev–Trinajstić information content (AvgIpc) is 2.87. The summed E-state index contributed by atoms with van der Waals surface area (Å²) >= 11 is 0. The molecule has 0 saturated heterocycles. The molecule has 7 nitrogen and oxygen atoms in total. The highest BCUT2D eigenvalue weighted by Gasteiger charge is 2.20. The molecule has 2 rings (SSSR count). The first-order valence-corrected chi connectivity index (χ1v) is 6.97. The summed E-state index contributed by atoms with van der Waals surface area (Å²) in [5.74, 6) is 0.306. The molecule has 1 N–H and O–H groups in total. The highest BCUT2D eigenvalue weighted by atomic mass is 32.2. The number of aryl methyl sites for hydroxylation is 2. The van der Waals surface area contributed by atoms with Crippen molar-refractivity contribution in [2.24, 2.45) is 7.05 Å². The fourth-order valence-electron chi connectivity index (χ4n) is 1.53. The van der Waals surface area contributed by atoms with Gasteiger partial charge in [-0.1, -0.05) is 0 Å². The Morgan fingerprint density at radius 2 is 2.17 bits per heavy atom. The summed E-state index contributed by atoms with van der Waals surface area (Å²) in [7, 11) is -1.93. The first-order valence-electron chi connectivity index (χ1n) is 5.49. The molecule has 0 aliphatic carbocycles. The second-order valence-electron chi connectivity index (χ2n) is 3.88. The maximum Gasteiger partial charge on any atom is 0.266 e. The Balaban J connectivity index is 2.30. The molecule has 0 fully saturated rings. The minimum Gasteiger partial charge on any atom is -0.272 e. The van der Waals surface area contributed by atoms with Crippen molar-refractivity contribution >= 4 is 15.8 Å². The van der Waals surface area contributed by atoms with Crippen LogP contribution >= 0.6 is 0 Å². The summed E-state index contributed by atoms with van der Waals surface area (Å²) in [5.41, 5.74) is 0.581. The van der Waals surface area contributed by atoms with E-state index >= 15 is 0 Å². The first-order chi connectivity index (χ1) is 8.44. The van der Waals surface area contributed by atoms with E-state index in [2.05, 4.69) is 14.9 Å². The van der Waals surface area contributed by atoms with Crippen LogP contribution in [0.1, 0.15) is 12.6 Å². The molecule has 18 heavy (non-hydrogen) atoms. The Morgan fingerprint density at radius 3 is 2.67 bits per heavy atom. The fraction of sp³-hybridized carbons (Fsp3) is 0.400. The third-order valence-electron chi connectivity index (χ3n) is 2.68. The molecule has 0 aliphatic heterocycles. The zero-order valence-electron chi connectivity index (χ0n) is 10.5. The summed E-state index contributed by atoms with van der Waals surface area (Å²) < 4.78 is 29.8. The van der Waals surface area contributed by atoms with E-state index < -0.39 is 10.0 Å². The largest absolute Gasteiger partial charge is 0.272 e. The molecule has 2 aromatic heterocycles. The average molecular weight is 269 g/mol. The van der Waals surface area contributed by atoms with Gasteiger partial charge in [-0.25, -0.2) is 8.42 Å². The Labute approximate surface area is 105 Å². The lowest BCUT2D eigenvalue weighted by Gasteiger charge is -2.04. The molecule has 0 radical (unpaired) electrons. The molecule has 8 heteroatoms. The molecular formula is C10H15N5O2S. The first kappa shape index (κ1) is 12.6. The molecule has 0 aromatic carbocycles. The summed E-state index contributed by atoms with van der Waals surface area (Å²) in [5, 5.41) is 7.99. The molecule has 0 atom stereocenters. The summed E-state index contributed by atoms with van der Waals surface area (Å²) in [6.07, 6.45) is 3.04. The predicted octanol–water partition coefficient (Wildman–Crippen LogP) is 0.746. The molecule has 2 heterocycles. The molecule has 0 bridgehead atoms. The lowest BCUT2D eigenvalue weighted by molar-refractivity contribution is 0.599. The van der Waals surface area contributed by atoms with E-state index in [0.717, 1.165) is 0 Å². The van der Waals surface area contributed by atoms with Crippen molar-refractivity contribution in [3.8, 4) is 0 Å². The second-order valence-corrected chi connectivity index (χ2v) is 5.53. The van der Waals surface area contributed by atoms with Crippen LogP contribution in [0.5, 0.6) is 0 Å². The monoisotopic (exact) mass is 269 g/mol. The van der Waals surface area contributed by atoms with E-state index in [0.29, 0.717) is 18.1 Å².